The number of carboxylic acids is 1. The number of ketones is 1. The molecule has 110 valence electrons. The Hall–Kier alpha value is -1.73. The van der Waals surface area contributed by atoms with Crippen LogP contribution in [0.1, 0.15) is 37.0 Å². The average molecular weight is 299 g/mol. The number of sulfonamides is 1. The summed E-state index contributed by atoms with van der Waals surface area (Å²) >= 11 is 0. The summed E-state index contributed by atoms with van der Waals surface area (Å²) in [5, 5.41) is 8.56. The highest BCUT2D eigenvalue weighted by Gasteiger charge is 2.18. The molecule has 0 aromatic heterocycles. The van der Waals surface area contributed by atoms with E-state index in [0.717, 1.165) is 0 Å². The number of carboxylic acid groups (broad SMARTS) is 1. The lowest BCUT2D eigenvalue weighted by atomic mass is 10.2. The Bertz CT molecular complexity index is 609. The van der Waals surface area contributed by atoms with Gasteiger partial charge in [0.15, 0.2) is 5.78 Å². The second-order valence-corrected chi connectivity index (χ2v) is 6.25. The van der Waals surface area contributed by atoms with E-state index in [1.54, 1.807) is 6.92 Å². The maximum absolute atomic E-state index is 12.1. The third-order valence-electron chi connectivity index (χ3n) is 2.70. The van der Waals surface area contributed by atoms with Crippen LogP contribution in [0.3, 0.4) is 0 Å². The molecule has 0 aliphatic rings. The van der Waals surface area contributed by atoms with Crippen molar-refractivity contribution in [3.05, 3.63) is 29.8 Å². The van der Waals surface area contributed by atoms with Crippen molar-refractivity contribution in [1.29, 1.82) is 0 Å². The molecule has 1 atom stereocenters. The lowest BCUT2D eigenvalue weighted by Crippen LogP contribution is -2.33. The van der Waals surface area contributed by atoms with Crippen molar-refractivity contribution < 1.29 is 23.1 Å². The smallest absolute Gasteiger partial charge is 0.303 e. The Balaban J connectivity index is 2.85. The van der Waals surface area contributed by atoms with Crippen LogP contribution < -0.4 is 4.72 Å². The normalized spacial score (nSPS) is 12.9. The summed E-state index contributed by atoms with van der Waals surface area (Å²) in [6, 6.07) is 5.22. The minimum Gasteiger partial charge on any atom is -0.481 e. The molecule has 20 heavy (non-hydrogen) atoms. The van der Waals surface area contributed by atoms with Gasteiger partial charge in [0.2, 0.25) is 10.0 Å². The van der Waals surface area contributed by atoms with Crippen LogP contribution in [-0.2, 0) is 14.8 Å². The average Bonchev–Trinajstić information content (AvgIpc) is 2.36. The van der Waals surface area contributed by atoms with Crippen LogP contribution in [0.4, 0.5) is 0 Å². The second kappa shape index (κ2) is 6.62. The van der Waals surface area contributed by atoms with Crippen molar-refractivity contribution in [2.45, 2.75) is 37.6 Å². The molecule has 0 heterocycles. The lowest BCUT2D eigenvalue weighted by molar-refractivity contribution is -0.137. The molecule has 0 saturated carbocycles. The standard InChI is InChI=1S/C13H17NO5S/c1-9(6-7-13(16)17)14-20(18,19)12-5-3-4-11(8-12)10(2)15/h3-5,8-9,14H,6-7H2,1-2H3,(H,16,17). The fourth-order valence-electron chi connectivity index (χ4n) is 1.61. The summed E-state index contributed by atoms with van der Waals surface area (Å²) in [5.41, 5.74) is 0.311. The highest BCUT2D eigenvalue weighted by molar-refractivity contribution is 7.89. The van der Waals surface area contributed by atoms with Crippen molar-refractivity contribution in [3.63, 3.8) is 0 Å². The molecule has 0 saturated heterocycles. The molecule has 1 aromatic rings. The van der Waals surface area contributed by atoms with Gasteiger partial charge in [-0.3, -0.25) is 9.59 Å². The van der Waals surface area contributed by atoms with Crippen LogP contribution in [0.5, 0.6) is 0 Å². The number of Topliss-reactive ketones (excluding diaryl/α,β-unsaturated/α-hetero) is 1. The first-order valence-electron chi connectivity index (χ1n) is 6.07. The van der Waals surface area contributed by atoms with Crippen LogP contribution in [0, 0.1) is 0 Å². The maximum Gasteiger partial charge on any atom is 0.303 e. The van der Waals surface area contributed by atoms with E-state index >= 15 is 0 Å². The number of carbonyl (C=O) groups is 2. The van der Waals surface area contributed by atoms with Crippen LogP contribution >= 0.6 is 0 Å². The zero-order chi connectivity index (χ0) is 15.3. The van der Waals surface area contributed by atoms with E-state index in [-0.39, 0.29) is 23.5 Å². The summed E-state index contributed by atoms with van der Waals surface area (Å²) in [6.07, 6.45) is 0.0815. The molecular formula is C13H17NO5S. The summed E-state index contributed by atoms with van der Waals surface area (Å²) in [5.74, 6) is -1.20. The molecule has 0 spiro atoms. The van der Waals surface area contributed by atoms with Gasteiger partial charge < -0.3 is 5.11 Å². The van der Waals surface area contributed by atoms with Gasteiger partial charge in [0.1, 0.15) is 0 Å². The number of aliphatic carboxylic acids is 1. The molecule has 0 aliphatic carbocycles. The van der Waals surface area contributed by atoms with E-state index in [4.69, 9.17) is 5.11 Å². The summed E-state index contributed by atoms with van der Waals surface area (Å²) < 4.78 is 26.6. The molecule has 1 rings (SSSR count). The lowest BCUT2D eigenvalue weighted by Gasteiger charge is -2.13. The molecule has 0 aliphatic heterocycles. The fraction of sp³-hybridized carbons (Fsp3) is 0.385. The fourth-order valence-corrected chi connectivity index (χ4v) is 2.94. The van der Waals surface area contributed by atoms with Gasteiger partial charge in [-0.25, -0.2) is 13.1 Å². The number of nitrogens with one attached hydrogen (secondary N) is 1. The van der Waals surface area contributed by atoms with E-state index in [1.165, 1.54) is 31.2 Å². The number of hydrogen-bond donors (Lipinski definition) is 2. The summed E-state index contributed by atoms with van der Waals surface area (Å²) in [7, 11) is -3.76. The summed E-state index contributed by atoms with van der Waals surface area (Å²) in [6.45, 7) is 2.95. The first kappa shape index (κ1) is 16.3. The molecule has 0 fully saturated rings. The molecule has 0 amide bonds. The van der Waals surface area contributed by atoms with E-state index in [9.17, 15) is 18.0 Å². The van der Waals surface area contributed by atoms with Crippen LogP contribution in [0.15, 0.2) is 29.2 Å². The molecule has 7 heteroatoms. The SMILES string of the molecule is CC(=O)c1cccc(S(=O)(=O)NC(C)CCC(=O)O)c1. The van der Waals surface area contributed by atoms with Gasteiger partial charge in [0.25, 0.3) is 0 Å². The molecule has 2 N–H and O–H groups in total. The highest BCUT2D eigenvalue weighted by atomic mass is 32.2. The Kier molecular flexibility index (Phi) is 5.41. The third kappa shape index (κ3) is 4.75. The Morgan fingerprint density at radius 1 is 1.35 bits per heavy atom. The third-order valence-corrected chi connectivity index (χ3v) is 4.29. The minimum atomic E-state index is -3.76. The number of carbonyl (C=O) groups excluding carboxylic acids is 1. The predicted octanol–water partition coefficient (Wildman–Crippen LogP) is 1.42. The van der Waals surface area contributed by atoms with E-state index in [2.05, 4.69) is 4.72 Å². The predicted molar refractivity (Wildman–Crippen MR) is 73.1 cm³/mol. The van der Waals surface area contributed by atoms with Crippen LogP contribution in [-0.4, -0.2) is 31.3 Å². The van der Waals surface area contributed by atoms with Gasteiger partial charge in [-0.15, -0.1) is 0 Å². The monoisotopic (exact) mass is 299 g/mol. The number of benzene rings is 1. The Morgan fingerprint density at radius 3 is 2.55 bits per heavy atom. The van der Waals surface area contributed by atoms with Crippen molar-refractivity contribution in [2.24, 2.45) is 0 Å². The van der Waals surface area contributed by atoms with Crippen molar-refractivity contribution in [2.75, 3.05) is 0 Å². The largest absolute Gasteiger partial charge is 0.481 e. The van der Waals surface area contributed by atoms with Gasteiger partial charge in [-0.05, 0) is 32.4 Å². The van der Waals surface area contributed by atoms with Gasteiger partial charge in [0.05, 0.1) is 4.90 Å². The number of rotatable bonds is 7. The van der Waals surface area contributed by atoms with E-state index in [0.29, 0.717) is 5.56 Å². The maximum atomic E-state index is 12.1. The van der Waals surface area contributed by atoms with Crippen molar-refractivity contribution >= 4 is 21.8 Å². The Morgan fingerprint density at radius 2 is 2.00 bits per heavy atom. The Labute approximate surface area is 117 Å². The molecular weight excluding hydrogens is 282 g/mol. The topological polar surface area (TPSA) is 101 Å². The zero-order valence-electron chi connectivity index (χ0n) is 11.3. The highest BCUT2D eigenvalue weighted by Crippen LogP contribution is 2.13. The minimum absolute atomic E-state index is 0.00706. The quantitative estimate of drug-likeness (QED) is 0.742. The van der Waals surface area contributed by atoms with Crippen LogP contribution in [0.2, 0.25) is 0 Å². The second-order valence-electron chi connectivity index (χ2n) is 4.54. The zero-order valence-corrected chi connectivity index (χ0v) is 12.1. The van der Waals surface area contributed by atoms with Crippen molar-refractivity contribution in [3.8, 4) is 0 Å². The van der Waals surface area contributed by atoms with E-state index < -0.39 is 22.0 Å². The first-order chi connectivity index (χ1) is 9.22. The van der Waals surface area contributed by atoms with E-state index in [1.807, 2.05) is 0 Å². The molecule has 6 nitrogen and oxygen atoms in total. The first-order valence-corrected chi connectivity index (χ1v) is 7.56. The molecule has 0 bridgehead atoms. The van der Waals surface area contributed by atoms with Gasteiger partial charge in [-0.1, -0.05) is 12.1 Å². The van der Waals surface area contributed by atoms with Gasteiger partial charge in [-0.2, -0.15) is 0 Å². The van der Waals surface area contributed by atoms with Crippen LogP contribution in [0.25, 0.3) is 0 Å². The van der Waals surface area contributed by atoms with Gasteiger partial charge in [0, 0.05) is 18.0 Å². The number of hydrogen-bond acceptors (Lipinski definition) is 4. The van der Waals surface area contributed by atoms with Crippen molar-refractivity contribution in [1.82, 2.24) is 4.72 Å². The molecule has 0 radical (unpaired) electrons. The van der Waals surface area contributed by atoms with Gasteiger partial charge >= 0.3 is 5.97 Å². The molecule has 1 aromatic carbocycles. The summed E-state index contributed by atoms with van der Waals surface area (Å²) in [4.78, 5) is 21.7. The molecule has 1 unspecified atom stereocenters.